The van der Waals surface area contributed by atoms with Crippen LogP contribution < -0.4 is 10.1 Å². The number of ether oxygens (including phenoxy) is 1. The molecule has 3 rings (SSSR count). The van der Waals surface area contributed by atoms with E-state index in [2.05, 4.69) is 17.2 Å². The van der Waals surface area contributed by atoms with Gasteiger partial charge in [0.2, 0.25) is 5.91 Å². The average Bonchev–Trinajstić information content (AvgIpc) is 3.09. The summed E-state index contributed by atoms with van der Waals surface area (Å²) in [6.07, 6.45) is 5.06. The number of hydrogen-bond donors (Lipinski definition) is 1. The Morgan fingerprint density at radius 2 is 2.08 bits per heavy atom. The van der Waals surface area contributed by atoms with Crippen LogP contribution in [0.15, 0.2) is 48.0 Å². The summed E-state index contributed by atoms with van der Waals surface area (Å²) in [5, 5.41) is 2.96. The van der Waals surface area contributed by atoms with Crippen molar-refractivity contribution in [2.45, 2.75) is 39.0 Å². The van der Waals surface area contributed by atoms with Crippen molar-refractivity contribution in [3.05, 3.63) is 53.5 Å². The Labute approximate surface area is 158 Å². The number of nitrogens with one attached hydrogen (secondary N) is 1. The van der Waals surface area contributed by atoms with E-state index in [9.17, 15) is 4.79 Å². The molecule has 0 spiro atoms. The molecular formula is C21H24N2O2S. The lowest BCUT2D eigenvalue weighted by Crippen LogP contribution is -2.14. The maximum Gasteiger partial charge on any atom is 0.228 e. The molecule has 3 aromatic rings. The maximum absolute atomic E-state index is 12.3. The minimum absolute atomic E-state index is 0.0334. The fourth-order valence-electron chi connectivity index (χ4n) is 2.79. The molecule has 1 heterocycles. The predicted molar refractivity (Wildman–Crippen MR) is 108 cm³/mol. The summed E-state index contributed by atoms with van der Waals surface area (Å²) < 4.78 is 6.87. The predicted octanol–water partition coefficient (Wildman–Crippen LogP) is 5.44. The zero-order valence-electron chi connectivity index (χ0n) is 15.0. The maximum atomic E-state index is 12.3. The van der Waals surface area contributed by atoms with Gasteiger partial charge in [-0.3, -0.25) is 4.79 Å². The Bertz CT molecular complexity index is 860. The van der Waals surface area contributed by atoms with Crippen molar-refractivity contribution in [1.82, 2.24) is 4.98 Å². The standard InChI is InChI=1S/C21H24N2O2S/c1-2-3-4-5-11-25-18-8-6-7-16(12-18)13-21(24)23-17-9-10-19-20(14-17)26-15-22-19/h6-10,12,14-15H,2-5,11,13H2,1H3,(H,23,24). The third-order valence-electron chi connectivity index (χ3n) is 4.14. The van der Waals surface area contributed by atoms with Crippen molar-refractivity contribution in [1.29, 1.82) is 0 Å². The Morgan fingerprint density at radius 1 is 1.15 bits per heavy atom. The Hall–Kier alpha value is -2.40. The van der Waals surface area contributed by atoms with Crippen LogP contribution in [0.1, 0.15) is 38.2 Å². The van der Waals surface area contributed by atoms with Crippen molar-refractivity contribution >= 4 is 33.1 Å². The lowest BCUT2D eigenvalue weighted by atomic mass is 10.1. The third-order valence-corrected chi connectivity index (χ3v) is 4.94. The van der Waals surface area contributed by atoms with Crippen molar-refractivity contribution in [3.8, 4) is 5.75 Å². The van der Waals surface area contributed by atoms with Gasteiger partial charge in [-0.05, 0) is 42.3 Å². The summed E-state index contributed by atoms with van der Waals surface area (Å²) in [4.78, 5) is 16.6. The Morgan fingerprint density at radius 3 is 2.96 bits per heavy atom. The van der Waals surface area contributed by atoms with Crippen LogP contribution in [0, 0.1) is 0 Å². The molecule has 0 aliphatic carbocycles. The van der Waals surface area contributed by atoms with Gasteiger partial charge in [-0.1, -0.05) is 38.3 Å². The molecular weight excluding hydrogens is 344 g/mol. The van der Waals surface area contributed by atoms with E-state index in [1.165, 1.54) is 19.3 Å². The number of carbonyl (C=O) groups is 1. The number of rotatable bonds is 9. The molecule has 2 aromatic carbocycles. The first kappa shape index (κ1) is 18.4. The summed E-state index contributed by atoms with van der Waals surface area (Å²) in [7, 11) is 0. The zero-order chi connectivity index (χ0) is 18.2. The minimum atomic E-state index is -0.0334. The van der Waals surface area contributed by atoms with Crippen LogP contribution in [0.3, 0.4) is 0 Å². The fraction of sp³-hybridized carbons (Fsp3) is 0.333. The van der Waals surface area contributed by atoms with Gasteiger partial charge in [-0.15, -0.1) is 11.3 Å². The summed E-state index contributed by atoms with van der Waals surface area (Å²) in [6, 6.07) is 13.6. The Balaban J connectivity index is 1.52. The highest BCUT2D eigenvalue weighted by atomic mass is 32.1. The number of thiazole rings is 1. The van der Waals surface area contributed by atoms with E-state index in [-0.39, 0.29) is 5.91 Å². The largest absolute Gasteiger partial charge is 0.494 e. The summed E-state index contributed by atoms with van der Waals surface area (Å²) in [5.41, 5.74) is 4.52. The molecule has 5 heteroatoms. The van der Waals surface area contributed by atoms with E-state index < -0.39 is 0 Å². The van der Waals surface area contributed by atoms with Gasteiger partial charge in [-0.25, -0.2) is 4.98 Å². The van der Waals surface area contributed by atoms with E-state index in [0.717, 1.165) is 40.2 Å². The van der Waals surface area contributed by atoms with E-state index in [1.54, 1.807) is 11.3 Å². The van der Waals surface area contributed by atoms with Crippen LogP contribution >= 0.6 is 11.3 Å². The normalized spacial score (nSPS) is 10.8. The quantitative estimate of drug-likeness (QED) is 0.512. The molecule has 0 saturated carbocycles. The van der Waals surface area contributed by atoms with Crippen LogP contribution in [-0.2, 0) is 11.2 Å². The Kier molecular flexibility index (Phi) is 6.61. The lowest BCUT2D eigenvalue weighted by molar-refractivity contribution is -0.115. The molecule has 0 unspecified atom stereocenters. The smallest absolute Gasteiger partial charge is 0.228 e. The highest BCUT2D eigenvalue weighted by molar-refractivity contribution is 7.16. The van der Waals surface area contributed by atoms with E-state index in [1.807, 2.05) is 48.0 Å². The van der Waals surface area contributed by atoms with Gasteiger partial charge < -0.3 is 10.1 Å². The highest BCUT2D eigenvalue weighted by Crippen LogP contribution is 2.22. The molecule has 4 nitrogen and oxygen atoms in total. The molecule has 0 fully saturated rings. The second-order valence-electron chi connectivity index (χ2n) is 6.32. The lowest BCUT2D eigenvalue weighted by Gasteiger charge is -2.09. The van der Waals surface area contributed by atoms with Crippen LogP contribution in [-0.4, -0.2) is 17.5 Å². The second-order valence-corrected chi connectivity index (χ2v) is 7.20. The molecule has 1 amide bonds. The van der Waals surface area contributed by atoms with E-state index in [0.29, 0.717) is 6.42 Å². The number of hydrogen-bond acceptors (Lipinski definition) is 4. The van der Waals surface area contributed by atoms with Crippen molar-refractivity contribution in [3.63, 3.8) is 0 Å². The summed E-state index contributed by atoms with van der Waals surface area (Å²) in [6.45, 7) is 2.93. The first-order valence-corrected chi connectivity index (χ1v) is 9.97. The number of aromatic nitrogens is 1. The molecule has 0 bridgehead atoms. The van der Waals surface area contributed by atoms with E-state index in [4.69, 9.17) is 4.74 Å². The molecule has 0 saturated heterocycles. The van der Waals surface area contributed by atoms with Crippen molar-refractivity contribution in [2.24, 2.45) is 0 Å². The summed E-state index contributed by atoms with van der Waals surface area (Å²) in [5.74, 6) is 0.798. The van der Waals surface area contributed by atoms with Gasteiger partial charge in [0.05, 0.1) is 28.8 Å². The fourth-order valence-corrected chi connectivity index (χ4v) is 3.50. The molecule has 0 radical (unpaired) electrons. The van der Waals surface area contributed by atoms with Gasteiger partial charge in [0.15, 0.2) is 0 Å². The number of carbonyl (C=O) groups excluding carboxylic acids is 1. The molecule has 0 atom stereocenters. The van der Waals surface area contributed by atoms with Gasteiger partial charge >= 0.3 is 0 Å². The molecule has 1 N–H and O–H groups in total. The van der Waals surface area contributed by atoms with Crippen LogP contribution in [0.2, 0.25) is 0 Å². The highest BCUT2D eigenvalue weighted by Gasteiger charge is 2.07. The van der Waals surface area contributed by atoms with Gasteiger partial charge in [0.25, 0.3) is 0 Å². The molecule has 0 aliphatic rings. The number of nitrogens with zero attached hydrogens (tertiary/aromatic N) is 1. The van der Waals surface area contributed by atoms with Crippen LogP contribution in [0.4, 0.5) is 5.69 Å². The third kappa shape index (κ3) is 5.30. The van der Waals surface area contributed by atoms with Gasteiger partial charge in [0.1, 0.15) is 5.75 Å². The van der Waals surface area contributed by atoms with Crippen LogP contribution in [0.5, 0.6) is 5.75 Å². The molecule has 26 heavy (non-hydrogen) atoms. The second kappa shape index (κ2) is 9.34. The van der Waals surface area contributed by atoms with Gasteiger partial charge in [-0.2, -0.15) is 0 Å². The van der Waals surface area contributed by atoms with Crippen LogP contribution in [0.25, 0.3) is 10.2 Å². The first-order chi connectivity index (χ1) is 12.7. The minimum Gasteiger partial charge on any atom is -0.494 e. The summed E-state index contributed by atoms with van der Waals surface area (Å²) >= 11 is 1.57. The SMILES string of the molecule is CCCCCCOc1cccc(CC(=O)Nc2ccc3ncsc3c2)c1. The van der Waals surface area contributed by atoms with E-state index >= 15 is 0 Å². The van der Waals surface area contributed by atoms with Crippen molar-refractivity contribution < 1.29 is 9.53 Å². The number of anilines is 1. The zero-order valence-corrected chi connectivity index (χ0v) is 15.8. The molecule has 1 aromatic heterocycles. The number of unbranched alkanes of at least 4 members (excludes halogenated alkanes) is 3. The van der Waals surface area contributed by atoms with Gasteiger partial charge in [0, 0.05) is 5.69 Å². The average molecular weight is 369 g/mol. The molecule has 136 valence electrons. The monoisotopic (exact) mass is 368 g/mol. The first-order valence-electron chi connectivity index (χ1n) is 9.09. The number of amides is 1. The topological polar surface area (TPSA) is 51.2 Å². The van der Waals surface area contributed by atoms with Crippen molar-refractivity contribution in [2.75, 3.05) is 11.9 Å². The number of fused-ring (bicyclic) bond motifs is 1. The number of benzene rings is 2. The molecule has 0 aliphatic heterocycles.